The summed E-state index contributed by atoms with van der Waals surface area (Å²) in [5.74, 6) is 0. The van der Waals surface area contributed by atoms with Gasteiger partial charge in [-0.1, -0.05) is 28.9 Å². The number of hydrogen-bond acceptors (Lipinski definition) is 3. The van der Waals surface area contributed by atoms with Gasteiger partial charge in [-0.05, 0) is 31.5 Å². The highest BCUT2D eigenvalue weighted by atomic mass is 79.9. The molecule has 3 atom stereocenters. The normalized spacial score (nSPS) is 16.9. The van der Waals surface area contributed by atoms with Gasteiger partial charge >= 0.3 is 0 Å². The molecule has 0 fully saturated rings. The highest BCUT2D eigenvalue weighted by Crippen LogP contribution is 2.33. The maximum atomic E-state index is 9.52. The molecule has 16 heavy (non-hydrogen) atoms. The summed E-state index contributed by atoms with van der Waals surface area (Å²) in [5.41, 5.74) is 7.05. The van der Waals surface area contributed by atoms with Crippen LogP contribution in [0.15, 0.2) is 27.6 Å². The number of halogens is 1. The Balaban J connectivity index is 2.96. The van der Waals surface area contributed by atoms with Crippen molar-refractivity contribution < 1.29 is 5.11 Å². The summed E-state index contributed by atoms with van der Waals surface area (Å²) in [4.78, 5) is 1.14. The fourth-order valence-corrected chi connectivity index (χ4v) is 2.98. The monoisotopic (exact) mass is 303 g/mol. The van der Waals surface area contributed by atoms with Crippen molar-refractivity contribution in [3.8, 4) is 0 Å². The Hall–Kier alpha value is -0.0300. The molecule has 0 aliphatic rings. The van der Waals surface area contributed by atoms with Crippen LogP contribution < -0.4 is 5.73 Å². The zero-order valence-electron chi connectivity index (χ0n) is 9.77. The van der Waals surface area contributed by atoms with Crippen molar-refractivity contribution in [2.75, 3.05) is 0 Å². The molecule has 3 N–H and O–H groups in total. The second-order valence-corrected chi connectivity index (χ2v) is 6.37. The van der Waals surface area contributed by atoms with E-state index in [4.69, 9.17) is 5.73 Å². The summed E-state index contributed by atoms with van der Waals surface area (Å²) >= 11 is 5.12. The average Bonchev–Trinajstić information content (AvgIpc) is 2.16. The molecule has 0 amide bonds. The van der Waals surface area contributed by atoms with Gasteiger partial charge < -0.3 is 10.8 Å². The third-order valence-corrected chi connectivity index (χ3v) is 4.32. The summed E-state index contributed by atoms with van der Waals surface area (Å²) in [6, 6.07) is 6.10. The van der Waals surface area contributed by atoms with E-state index in [1.807, 2.05) is 26.0 Å². The van der Waals surface area contributed by atoms with E-state index in [-0.39, 0.29) is 17.4 Å². The molecular formula is C12H18BrNOS. The van der Waals surface area contributed by atoms with E-state index < -0.39 is 0 Å². The molecule has 1 aromatic rings. The molecule has 0 heterocycles. The second-order valence-electron chi connectivity index (χ2n) is 4.03. The number of aliphatic hydroxyl groups is 1. The predicted molar refractivity (Wildman–Crippen MR) is 73.7 cm³/mol. The summed E-state index contributed by atoms with van der Waals surface area (Å²) in [6.07, 6.45) is -0.329. The van der Waals surface area contributed by atoms with E-state index in [0.29, 0.717) is 0 Å². The number of hydrogen-bond donors (Lipinski definition) is 2. The van der Waals surface area contributed by atoms with Crippen LogP contribution in [0, 0.1) is 0 Å². The molecular weight excluding hydrogens is 286 g/mol. The molecule has 0 saturated carbocycles. The van der Waals surface area contributed by atoms with Crippen LogP contribution in [0.2, 0.25) is 0 Å². The Morgan fingerprint density at radius 1 is 1.31 bits per heavy atom. The van der Waals surface area contributed by atoms with Gasteiger partial charge in [-0.25, -0.2) is 0 Å². The highest BCUT2D eigenvalue weighted by Gasteiger charge is 2.14. The van der Waals surface area contributed by atoms with Gasteiger partial charge in [0.15, 0.2) is 0 Å². The zero-order valence-corrected chi connectivity index (χ0v) is 12.2. The van der Waals surface area contributed by atoms with E-state index in [1.165, 1.54) is 0 Å². The van der Waals surface area contributed by atoms with Gasteiger partial charge in [0, 0.05) is 20.7 Å². The molecule has 3 unspecified atom stereocenters. The Morgan fingerprint density at radius 3 is 2.44 bits per heavy atom. The van der Waals surface area contributed by atoms with E-state index >= 15 is 0 Å². The molecule has 90 valence electrons. The molecule has 0 aliphatic carbocycles. The van der Waals surface area contributed by atoms with Crippen molar-refractivity contribution in [3.05, 3.63) is 28.2 Å². The smallest absolute Gasteiger partial charge is 0.0631 e. The molecule has 0 aliphatic heterocycles. The largest absolute Gasteiger partial charge is 0.392 e. The molecule has 1 aromatic carbocycles. The van der Waals surface area contributed by atoms with Crippen LogP contribution in [0.1, 0.15) is 32.4 Å². The van der Waals surface area contributed by atoms with Gasteiger partial charge in [0.1, 0.15) is 0 Å². The maximum absolute atomic E-state index is 9.52. The van der Waals surface area contributed by atoms with Gasteiger partial charge in [-0.15, -0.1) is 11.8 Å². The topological polar surface area (TPSA) is 46.2 Å². The second kappa shape index (κ2) is 6.05. The Bertz CT molecular complexity index is 355. The first-order chi connectivity index (χ1) is 7.41. The number of aliphatic hydroxyl groups excluding tert-OH is 1. The molecule has 4 heteroatoms. The van der Waals surface area contributed by atoms with E-state index in [1.54, 1.807) is 18.7 Å². The van der Waals surface area contributed by atoms with Crippen molar-refractivity contribution in [3.63, 3.8) is 0 Å². The number of nitrogens with two attached hydrogens (primary N) is 1. The third-order valence-electron chi connectivity index (χ3n) is 2.46. The summed E-state index contributed by atoms with van der Waals surface area (Å²) in [5, 5.41) is 9.68. The number of benzene rings is 1. The molecule has 0 saturated heterocycles. The first-order valence-electron chi connectivity index (χ1n) is 5.31. The molecule has 0 bridgehead atoms. The van der Waals surface area contributed by atoms with Gasteiger partial charge in [0.2, 0.25) is 0 Å². The molecule has 0 aromatic heterocycles. The Morgan fingerprint density at radius 2 is 1.94 bits per heavy atom. The van der Waals surface area contributed by atoms with Crippen LogP contribution in [0.3, 0.4) is 0 Å². The molecule has 1 rings (SSSR count). The Kier molecular flexibility index (Phi) is 5.31. The van der Waals surface area contributed by atoms with Crippen LogP contribution in [0.5, 0.6) is 0 Å². The molecule has 2 nitrogen and oxygen atoms in total. The third kappa shape index (κ3) is 3.77. The van der Waals surface area contributed by atoms with Gasteiger partial charge in [0.25, 0.3) is 0 Å². The van der Waals surface area contributed by atoms with Crippen LogP contribution in [0.25, 0.3) is 0 Å². The van der Waals surface area contributed by atoms with Gasteiger partial charge in [-0.3, -0.25) is 0 Å². The van der Waals surface area contributed by atoms with Crippen LogP contribution >= 0.6 is 27.7 Å². The lowest BCUT2D eigenvalue weighted by Crippen LogP contribution is -2.16. The highest BCUT2D eigenvalue weighted by molar-refractivity contribution is 9.10. The lowest BCUT2D eigenvalue weighted by atomic mass is 10.1. The van der Waals surface area contributed by atoms with Crippen molar-refractivity contribution in [2.45, 2.75) is 43.1 Å². The van der Waals surface area contributed by atoms with Crippen LogP contribution in [-0.4, -0.2) is 16.5 Å². The standard InChI is InChI=1S/C12H18BrNOS/c1-7(14)11-5-4-10(13)6-12(11)16-9(3)8(2)15/h4-9,15H,14H2,1-3H3. The van der Waals surface area contributed by atoms with Crippen molar-refractivity contribution in [1.29, 1.82) is 0 Å². The minimum Gasteiger partial charge on any atom is -0.392 e. The summed E-state index contributed by atoms with van der Waals surface area (Å²) in [7, 11) is 0. The first kappa shape index (κ1) is 14.0. The summed E-state index contributed by atoms with van der Waals surface area (Å²) < 4.78 is 1.04. The number of rotatable bonds is 4. The van der Waals surface area contributed by atoms with Crippen molar-refractivity contribution >= 4 is 27.7 Å². The predicted octanol–water partition coefficient (Wildman–Crippen LogP) is 3.33. The van der Waals surface area contributed by atoms with E-state index in [0.717, 1.165) is 14.9 Å². The van der Waals surface area contributed by atoms with Crippen molar-refractivity contribution in [2.24, 2.45) is 5.73 Å². The van der Waals surface area contributed by atoms with E-state index in [9.17, 15) is 5.11 Å². The zero-order chi connectivity index (χ0) is 12.3. The quantitative estimate of drug-likeness (QED) is 0.839. The van der Waals surface area contributed by atoms with E-state index in [2.05, 4.69) is 22.0 Å². The SMILES string of the molecule is CC(N)c1ccc(Br)cc1SC(C)C(C)O. The minimum atomic E-state index is -0.329. The van der Waals surface area contributed by atoms with Crippen LogP contribution in [0.4, 0.5) is 0 Å². The Labute approximate surface area is 110 Å². The van der Waals surface area contributed by atoms with Gasteiger partial charge in [0.05, 0.1) is 6.10 Å². The lowest BCUT2D eigenvalue weighted by Gasteiger charge is -2.18. The molecule has 0 radical (unpaired) electrons. The molecule has 0 spiro atoms. The first-order valence-corrected chi connectivity index (χ1v) is 6.99. The van der Waals surface area contributed by atoms with Gasteiger partial charge in [-0.2, -0.15) is 0 Å². The maximum Gasteiger partial charge on any atom is 0.0631 e. The fourth-order valence-electron chi connectivity index (χ4n) is 1.29. The number of thioether (sulfide) groups is 1. The lowest BCUT2D eigenvalue weighted by molar-refractivity contribution is 0.196. The average molecular weight is 304 g/mol. The minimum absolute atomic E-state index is 0.0109. The fraction of sp³-hybridized carbons (Fsp3) is 0.500. The van der Waals surface area contributed by atoms with Crippen LogP contribution in [-0.2, 0) is 0 Å². The van der Waals surface area contributed by atoms with Crippen molar-refractivity contribution in [1.82, 2.24) is 0 Å². The summed E-state index contributed by atoms with van der Waals surface area (Å²) in [6.45, 7) is 5.79.